The van der Waals surface area contributed by atoms with Gasteiger partial charge in [-0.15, -0.1) is 0 Å². The topological polar surface area (TPSA) is 18.5 Å². The zero-order chi connectivity index (χ0) is 11.8. The first kappa shape index (κ1) is 13.9. The Morgan fingerprint density at radius 2 is 1.75 bits per heavy atom. The fourth-order valence-electron chi connectivity index (χ4n) is 1.94. The van der Waals surface area contributed by atoms with Crippen LogP contribution in [-0.4, -0.2) is 63.2 Å². The average Bonchev–Trinajstić information content (AvgIpc) is 3.01. The number of hydrogen-bond acceptors (Lipinski definition) is 3. The van der Waals surface area contributed by atoms with E-state index in [1.54, 1.807) is 0 Å². The highest BCUT2D eigenvalue weighted by atomic mass is 15.1. The van der Waals surface area contributed by atoms with E-state index in [9.17, 15) is 0 Å². The van der Waals surface area contributed by atoms with Gasteiger partial charge in [-0.05, 0) is 45.8 Å². The second-order valence-corrected chi connectivity index (χ2v) is 5.30. The Morgan fingerprint density at radius 3 is 2.31 bits per heavy atom. The molecule has 16 heavy (non-hydrogen) atoms. The monoisotopic (exact) mass is 227 g/mol. The van der Waals surface area contributed by atoms with Gasteiger partial charge in [0, 0.05) is 32.7 Å². The Labute approximate surface area is 101 Å². The molecule has 0 aromatic carbocycles. The van der Waals surface area contributed by atoms with Crippen LogP contribution in [0.15, 0.2) is 0 Å². The molecular weight excluding hydrogens is 198 g/mol. The molecule has 0 aliphatic heterocycles. The van der Waals surface area contributed by atoms with Crippen LogP contribution in [0.4, 0.5) is 0 Å². The highest BCUT2D eigenvalue weighted by Crippen LogP contribution is 2.29. The summed E-state index contributed by atoms with van der Waals surface area (Å²) in [6.07, 6.45) is 4.22. The molecule has 0 saturated heterocycles. The molecule has 1 aliphatic rings. The first-order valence-corrected chi connectivity index (χ1v) is 6.80. The van der Waals surface area contributed by atoms with Crippen molar-refractivity contribution in [3.05, 3.63) is 0 Å². The highest BCUT2D eigenvalue weighted by molar-refractivity contribution is 4.77. The minimum Gasteiger partial charge on any atom is -0.314 e. The molecule has 3 heteroatoms. The van der Waals surface area contributed by atoms with Crippen LogP contribution in [0.3, 0.4) is 0 Å². The van der Waals surface area contributed by atoms with Gasteiger partial charge < -0.3 is 15.1 Å². The minimum atomic E-state index is 1.02. The summed E-state index contributed by atoms with van der Waals surface area (Å²) in [6, 6.07) is 0. The molecule has 0 unspecified atom stereocenters. The standard InChI is InChI=1S/C13H29N3/c1-4-9-16(12-13-5-6-13)11-8-14-7-10-15(2)3/h13-14H,4-12H2,1-3H3. The van der Waals surface area contributed by atoms with Crippen molar-refractivity contribution in [3.8, 4) is 0 Å². The molecule has 3 nitrogen and oxygen atoms in total. The maximum absolute atomic E-state index is 3.52. The maximum Gasteiger partial charge on any atom is 0.0107 e. The lowest BCUT2D eigenvalue weighted by Gasteiger charge is -2.21. The summed E-state index contributed by atoms with van der Waals surface area (Å²) >= 11 is 0. The van der Waals surface area contributed by atoms with E-state index < -0.39 is 0 Å². The number of nitrogens with zero attached hydrogens (tertiary/aromatic N) is 2. The molecule has 0 aromatic rings. The Hall–Kier alpha value is -0.120. The van der Waals surface area contributed by atoms with Gasteiger partial charge in [0.05, 0.1) is 0 Å². The van der Waals surface area contributed by atoms with Crippen molar-refractivity contribution in [2.75, 3.05) is 53.4 Å². The third-order valence-corrected chi connectivity index (χ3v) is 3.09. The molecule has 96 valence electrons. The van der Waals surface area contributed by atoms with Crippen LogP contribution in [0.1, 0.15) is 26.2 Å². The lowest BCUT2D eigenvalue weighted by molar-refractivity contribution is 0.261. The molecule has 0 bridgehead atoms. The van der Waals surface area contributed by atoms with Crippen molar-refractivity contribution in [3.63, 3.8) is 0 Å². The van der Waals surface area contributed by atoms with E-state index in [2.05, 4.69) is 36.1 Å². The summed E-state index contributed by atoms with van der Waals surface area (Å²) in [5.74, 6) is 1.02. The molecule has 1 aliphatic carbocycles. The lowest BCUT2D eigenvalue weighted by Crippen LogP contribution is -2.36. The normalized spacial score (nSPS) is 16.3. The maximum atomic E-state index is 3.52. The van der Waals surface area contributed by atoms with E-state index in [-0.39, 0.29) is 0 Å². The van der Waals surface area contributed by atoms with Crippen molar-refractivity contribution in [2.45, 2.75) is 26.2 Å². The van der Waals surface area contributed by atoms with E-state index in [0.717, 1.165) is 25.6 Å². The predicted molar refractivity (Wildman–Crippen MR) is 70.9 cm³/mol. The first-order valence-electron chi connectivity index (χ1n) is 6.80. The molecule has 1 rings (SSSR count). The molecule has 1 saturated carbocycles. The summed E-state index contributed by atoms with van der Waals surface area (Å²) in [4.78, 5) is 4.85. The first-order chi connectivity index (χ1) is 7.72. The lowest BCUT2D eigenvalue weighted by atomic mass is 10.3. The van der Waals surface area contributed by atoms with E-state index in [1.165, 1.54) is 38.9 Å². The van der Waals surface area contributed by atoms with Gasteiger partial charge in [-0.25, -0.2) is 0 Å². The van der Waals surface area contributed by atoms with Crippen LogP contribution in [0.25, 0.3) is 0 Å². The molecule has 0 aromatic heterocycles. The molecule has 0 atom stereocenters. The van der Waals surface area contributed by atoms with Gasteiger partial charge in [0.15, 0.2) is 0 Å². The van der Waals surface area contributed by atoms with E-state index in [1.807, 2.05) is 0 Å². The summed E-state index contributed by atoms with van der Waals surface area (Å²) < 4.78 is 0. The Balaban J connectivity index is 1.97. The summed E-state index contributed by atoms with van der Waals surface area (Å²) in [7, 11) is 4.25. The zero-order valence-electron chi connectivity index (χ0n) is 11.3. The van der Waals surface area contributed by atoms with Gasteiger partial charge >= 0.3 is 0 Å². The Morgan fingerprint density at radius 1 is 1.06 bits per heavy atom. The Bertz CT molecular complexity index is 167. The van der Waals surface area contributed by atoms with Crippen molar-refractivity contribution < 1.29 is 0 Å². The fourth-order valence-corrected chi connectivity index (χ4v) is 1.94. The minimum absolute atomic E-state index is 1.02. The van der Waals surface area contributed by atoms with E-state index >= 15 is 0 Å². The van der Waals surface area contributed by atoms with Crippen molar-refractivity contribution in [1.82, 2.24) is 15.1 Å². The molecular formula is C13H29N3. The van der Waals surface area contributed by atoms with Crippen molar-refractivity contribution in [2.24, 2.45) is 5.92 Å². The smallest absolute Gasteiger partial charge is 0.0107 e. The van der Waals surface area contributed by atoms with Gasteiger partial charge in [-0.2, -0.15) is 0 Å². The molecule has 0 amide bonds. The molecule has 1 N–H and O–H groups in total. The molecule has 0 heterocycles. The van der Waals surface area contributed by atoms with Crippen LogP contribution in [0.2, 0.25) is 0 Å². The molecule has 0 spiro atoms. The third-order valence-electron chi connectivity index (χ3n) is 3.09. The largest absolute Gasteiger partial charge is 0.314 e. The Kier molecular flexibility index (Phi) is 7.01. The number of rotatable bonds is 10. The fraction of sp³-hybridized carbons (Fsp3) is 1.00. The summed E-state index contributed by atoms with van der Waals surface area (Å²) in [6.45, 7) is 9.49. The van der Waals surface area contributed by atoms with Gasteiger partial charge in [-0.1, -0.05) is 6.92 Å². The highest BCUT2D eigenvalue weighted by Gasteiger charge is 2.23. The van der Waals surface area contributed by atoms with Crippen LogP contribution in [-0.2, 0) is 0 Å². The molecule has 1 fully saturated rings. The van der Waals surface area contributed by atoms with Gasteiger partial charge in [0.2, 0.25) is 0 Å². The van der Waals surface area contributed by atoms with Gasteiger partial charge in [-0.3, -0.25) is 0 Å². The van der Waals surface area contributed by atoms with Crippen molar-refractivity contribution in [1.29, 1.82) is 0 Å². The van der Waals surface area contributed by atoms with E-state index in [4.69, 9.17) is 0 Å². The number of nitrogens with one attached hydrogen (secondary N) is 1. The SMILES string of the molecule is CCCN(CCNCCN(C)C)CC1CC1. The van der Waals surface area contributed by atoms with Crippen LogP contribution in [0.5, 0.6) is 0 Å². The van der Waals surface area contributed by atoms with Gasteiger partial charge in [0.1, 0.15) is 0 Å². The summed E-state index contributed by atoms with van der Waals surface area (Å²) in [5, 5.41) is 3.52. The number of likely N-dealkylation sites (N-methyl/N-ethyl adjacent to an activating group) is 1. The number of hydrogen-bond donors (Lipinski definition) is 1. The molecule has 0 radical (unpaired) electrons. The van der Waals surface area contributed by atoms with Crippen LogP contribution < -0.4 is 5.32 Å². The quantitative estimate of drug-likeness (QED) is 0.567. The zero-order valence-corrected chi connectivity index (χ0v) is 11.3. The van der Waals surface area contributed by atoms with Crippen LogP contribution in [0, 0.1) is 5.92 Å². The second kappa shape index (κ2) is 8.04. The van der Waals surface area contributed by atoms with Crippen molar-refractivity contribution >= 4 is 0 Å². The van der Waals surface area contributed by atoms with Crippen LogP contribution >= 0.6 is 0 Å². The third kappa shape index (κ3) is 7.20. The predicted octanol–water partition coefficient (Wildman–Crippen LogP) is 1.26. The summed E-state index contributed by atoms with van der Waals surface area (Å²) in [5.41, 5.74) is 0. The van der Waals surface area contributed by atoms with E-state index in [0.29, 0.717) is 0 Å². The van der Waals surface area contributed by atoms with Gasteiger partial charge in [0.25, 0.3) is 0 Å². The second-order valence-electron chi connectivity index (χ2n) is 5.30. The average molecular weight is 227 g/mol.